The minimum absolute atomic E-state index is 0.226. The van der Waals surface area contributed by atoms with Crippen LogP contribution in [-0.4, -0.2) is 10.5 Å². The number of nitro groups is 1. The minimum atomic E-state index is -0.727. The van der Waals surface area contributed by atoms with Gasteiger partial charge in [0.1, 0.15) is 0 Å². The van der Waals surface area contributed by atoms with E-state index in [9.17, 15) is 10.1 Å². The maximum absolute atomic E-state index is 10.2. The standard InChI is InChI=1S/C6H13NO2/c1-4-5-6(2,3)7(8)9/h4-5H2,1-3H3. The predicted octanol–water partition coefficient (Wildman–Crippen LogP) is 1.84. The molecule has 0 rings (SSSR count). The number of nitrogens with zero attached hydrogens (tertiary/aromatic N) is 1. The summed E-state index contributed by atoms with van der Waals surface area (Å²) in [6.07, 6.45) is 1.52. The van der Waals surface area contributed by atoms with Crippen LogP contribution in [0.3, 0.4) is 0 Å². The summed E-state index contributed by atoms with van der Waals surface area (Å²) in [5.41, 5.74) is -0.727. The summed E-state index contributed by atoms with van der Waals surface area (Å²) in [7, 11) is 0. The van der Waals surface area contributed by atoms with Crippen LogP contribution < -0.4 is 0 Å². The van der Waals surface area contributed by atoms with Crippen molar-refractivity contribution in [3.63, 3.8) is 0 Å². The van der Waals surface area contributed by atoms with Crippen molar-refractivity contribution in [2.45, 2.75) is 39.2 Å². The molecule has 0 aliphatic heterocycles. The van der Waals surface area contributed by atoms with Gasteiger partial charge in [-0.2, -0.15) is 0 Å². The zero-order valence-corrected chi connectivity index (χ0v) is 6.18. The SMILES string of the molecule is CCCC(C)(C)[N+](=O)[O-]. The van der Waals surface area contributed by atoms with Crippen LogP contribution in [0.2, 0.25) is 0 Å². The lowest BCUT2D eigenvalue weighted by molar-refractivity contribution is -0.561. The fourth-order valence-electron chi connectivity index (χ4n) is 0.703. The van der Waals surface area contributed by atoms with Crippen LogP contribution in [-0.2, 0) is 0 Å². The van der Waals surface area contributed by atoms with Gasteiger partial charge in [0, 0.05) is 25.2 Å². The number of hydrogen-bond acceptors (Lipinski definition) is 2. The Hall–Kier alpha value is -0.600. The molecule has 0 aromatic rings. The first-order valence-corrected chi connectivity index (χ1v) is 3.15. The summed E-state index contributed by atoms with van der Waals surface area (Å²) >= 11 is 0. The third kappa shape index (κ3) is 2.44. The van der Waals surface area contributed by atoms with Gasteiger partial charge in [0.05, 0.1) is 0 Å². The second kappa shape index (κ2) is 2.80. The van der Waals surface area contributed by atoms with E-state index in [2.05, 4.69) is 0 Å². The van der Waals surface area contributed by atoms with Gasteiger partial charge >= 0.3 is 0 Å². The van der Waals surface area contributed by atoms with Gasteiger partial charge in [-0.25, -0.2) is 0 Å². The first kappa shape index (κ1) is 8.40. The number of hydrogen-bond donors (Lipinski definition) is 0. The summed E-state index contributed by atoms with van der Waals surface area (Å²) in [4.78, 5) is 9.99. The molecule has 0 unspecified atom stereocenters. The van der Waals surface area contributed by atoms with E-state index >= 15 is 0 Å². The van der Waals surface area contributed by atoms with Gasteiger partial charge in [0.2, 0.25) is 5.54 Å². The molecule has 0 spiro atoms. The van der Waals surface area contributed by atoms with Gasteiger partial charge < -0.3 is 0 Å². The second-order valence-corrected chi connectivity index (χ2v) is 2.82. The molecule has 0 amide bonds. The Kier molecular flexibility index (Phi) is 2.62. The Balaban J connectivity index is 3.85. The monoisotopic (exact) mass is 131 g/mol. The molecule has 3 nitrogen and oxygen atoms in total. The first-order chi connectivity index (χ1) is 4.00. The molecular weight excluding hydrogens is 118 g/mol. The molecule has 3 heteroatoms. The lowest BCUT2D eigenvalue weighted by Gasteiger charge is -2.12. The zero-order chi connectivity index (χ0) is 7.49. The molecule has 54 valence electrons. The fraction of sp³-hybridized carbons (Fsp3) is 1.00. The molecule has 0 fully saturated rings. The molecule has 0 saturated heterocycles. The molecule has 0 bridgehead atoms. The minimum Gasteiger partial charge on any atom is -0.264 e. The van der Waals surface area contributed by atoms with Crippen molar-refractivity contribution >= 4 is 0 Å². The van der Waals surface area contributed by atoms with E-state index < -0.39 is 5.54 Å². The molecule has 0 aliphatic rings. The highest BCUT2D eigenvalue weighted by molar-refractivity contribution is 4.64. The molecule has 0 aromatic carbocycles. The maximum atomic E-state index is 10.2. The molecule has 0 aliphatic carbocycles. The average Bonchev–Trinajstić information content (AvgIpc) is 1.65. The highest BCUT2D eigenvalue weighted by Gasteiger charge is 2.28. The van der Waals surface area contributed by atoms with Crippen LogP contribution >= 0.6 is 0 Å². The van der Waals surface area contributed by atoms with Crippen LogP contribution in [0.5, 0.6) is 0 Å². The van der Waals surface area contributed by atoms with E-state index in [0.717, 1.165) is 6.42 Å². The van der Waals surface area contributed by atoms with E-state index in [0.29, 0.717) is 6.42 Å². The van der Waals surface area contributed by atoms with Gasteiger partial charge in [0.25, 0.3) is 0 Å². The summed E-state index contributed by atoms with van der Waals surface area (Å²) in [6.45, 7) is 5.25. The van der Waals surface area contributed by atoms with E-state index in [1.165, 1.54) is 0 Å². The molecule has 0 N–H and O–H groups in total. The average molecular weight is 131 g/mol. The van der Waals surface area contributed by atoms with E-state index in [-0.39, 0.29) is 4.92 Å². The van der Waals surface area contributed by atoms with Crippen molar-refractivity contribution in [2.24, 2.45) is 0 Å². The zero-order valence-electron chi connectivity index (χ0n) is 6.18. The van der Waals surface area contributed by atoms with E-state index in [4.69, 9.17) is 0 Å². The molecule has 0 atom stereocenters. The molecule has 0 radical (unpaired) electrons. The smallest absolute Gasteiger partial charge is 0.216 e. The molecular formula is C6H13NO2. The van der Waals surface area contributed by atoms with Crippen molar-refractivity contribution in [1.29, 1.82) is 0 Å². The van der Waals surface area contributed by atoms with Crippen LogP contribution in [0.25, 0.3) is 0 Å². The molecule has 0 heterocycles. The van der Waals surface area contributed by atoms with Crippen molar-refractivity contribution in [1.82, 2.24) is 0 Å². The Morgan fingerprint density at radius 1 is 1.56 bits per heavy atom. The third-order valence-corrected chi connectivity index (χ3v) is 1.36. The summed E-state index contributed by atoms with van der Waals surface area (Å²) in [5, 5.41) is 10.2. The van der Waals surface area contributed by atoms with Gasteiger partial charge in [-0.05, 0) is 6.42 Å². The van der Waals surface area contributed by atoms with Crippen LogP contribution in [0.15, 0.2) is 0 Å². The first-order valence-electron chi connectivity index (χ1n) is 3.15. The number of rotatable bonds is 3. The normalized spacial score (nSPS) is 11.4. The Morgan fingerprint density at radius 3 is 2.11 bits per heavy atom. The van der Waals surface area contributed by atoms with Crippen LogP contribution in [0, 0.1) is 10.1 Å². The Bertz CT molecular complexity index is 110. The quantitative estimate of drug-likeness (QED) is 0.433. The Morgan fingerprint density at radius 2 is 2.00 bits per heavy atom. The van der Waals surface area contributed by atoms with Crippen molar-refractivity contribution in [2.75, 3.05) is 0 Å². The highest BCUT2D eigenvalue weighted by Crippen LogP contribution is 2.14. The van der Waals surface area contributed by atoms with Crippen LogP contribution in [0.1, 0.15) is 33.6 Å². The summed E-state index contributed by atoms with van der Waals surface area (Å²) in [5.74, 6) is 0. The Labute approximate surface area is 55.2 Å². The topological polar surface area (TPSA) is 43.1 Å². The van der Waals surface area contributed by atoms with Crippen LogP contribution in [0.4, 0.5) is 0 Å². The van der Waals surface area contributed by atoms with Gasteiger partial charge in [-0.1, -0.05) is 6.92 Å². The largest absolute Gasteiger partial charge is 0.264 e. The summed E-state index contributed by atoms with van der Waals surface area (Å²) < 4.78 is 0. The van der Waals surface area contributed by atoms with Crippen molar-refractivity contribution in [3.05, 3.63) is 10.1 Å². The third-order valence-electron chi connectivity index (χ3n) is 1.36. The van der Waals surface area contributed by atoms with Gasteiger partial charge in [-0.15, -0.1) is 0 Å². The van der Waals surface area contributed by atoms with E-state index in [1.54, 1.807) is 13.8 Å². The molecule has 0 saturated carbocycles. The lowest BCUT2D eigenvalue weighted by Crippen LogP contribution is -2.30. The molecule has 0 aromatic heterocycles. The van der Waals surface area contributed by atoms with Gasteiger partial charge in [0.15, 0.2) is 0 Å². The van der Waals surface area contributed by atoms with E-state index in [1.807, 2.05) is 6.92 Å². The maximum Gasteiger partial charge on any atom is 0.216 e. The second-order valence-electron chi connectivity index (χ2n) is 2.82. The predicted molar refractivity (Wildman–Crippen MR) is 36.0 cm³/mol. The highest BCUT2D eigenvalue weighted by atomic mass is 16.6. The summed E-state index contributed by atoms with van der Waals surface area (Å²) in [6, 6.07) is 0. The fourth-order valence-corrected chi connectivity index (χ4v) is 0.703. The lowest BCUT2D eigenvalue weighted by atomic mass is 10.0. The molecule has 9 heavy (non-hydrogen) atoms. The van der Waals surface area contributed by atoms with Gasteiger partial charge in [-0.3, -0.25) is 10.1 Å². The van der Waals surface area contributed by atoms with Crippen molar-refractivity contribution < 1.29 is 4.92 Å². The van der Waals surface area contributed by atoms with Crippen molar-refractivity contribution in [3.8, 4) is 0 Å².